The molecule has 2 rings (SSSR count). The SMILES string of the molecule is CSc1ncccc1C(=O)O[C@@H](C)C(=O)Nc1cc(Cl)ccc1Cl. The molecule has 0 saturated heterocycles. The Balaban J connectivity index is 2.06. The molecule has 1 heterocycles. The standard InChI is InChI=1S/C16H14Cl2N2O3S/c1-9(14(21)20-13-8-10(17)5-6-12(13)18)23-16(22)11-4-3-7-19-15(11)24-2/h3-9H,1-2H3,(H,20,21)/t9-/m0/s1. The van der Waals surface area contributed by atoms with Crippen molar-refractivity contribution >= 4 is 52.5 Å². The van der Waals surface area contributed by atoms with Crippen molar-refractivity contribution < 1.29 is 14.3 Å². The van der Waals surface area contributed by atoms with Crippen LogP contribution in [0, 0.1) is 0 Å². The number of hydrogen-bond acceptors (Lipinski definition) is 5. The van der Waals surface area contributed by atoms with Gasteiger partial charge in [-0.1, -0.05) is 23.2 Å². The molecule has 0 fully saturated rings. The van der Waals surface area contributed by atoms with E-state index in [0.717, 1.165) is 0 Å². The highest BCUT2D eigenvalue weighted by molar-refractivity contribution is 7.98. The summed E-state index contributed by atoms with van der Waals surface area (Å²) < 4.78 is 5.20. The number of nitrogens with one attached hydrogen (secondary N) is 1. The number of aromatic nitrogens is 1. The highest BCUT2D eigenvalue weighted by atomic mass is 35.5. The van der Waals surface area contributed by atoms with E-state index in [0.29, 0.717) is 26.3 Å². The Morgan fingerprint density at radius 3 is 2.75 bits per heavy atom. The molecule has 0 spiro atoms. The zero-order valence-electron chi connectivity index (χ0n) is 12.9. The van der Waals surface area contributed by atoms with Crippen LogP contribution in [0.25, 0.3) is 0 Å². The van der Waals surface area contributed by atoms with Gasteiger partial charge in [0.25, 0.3) is 5.91 Å². The number of halogens is 2. The second-order valence-corrected chi connectivity index (χ2v) is 6.36. The van der Waals surface area contributed by atoms with E-state index in [2.05, 4.69) is 10.3 Å². The van der Waals surface area contributed by atoms with E-state index in [-0.39, 0.29) is 0 Å². The third kappa shape index (κ3) is 4.63. The summed E-state index contributed by atoms with van der Waals surface area (Å²) in [6.07, 6.45) is 2.37. The third-order valence-electron chi connectivity index (χ3n) is 3.02. The molecule has 0 saturated carbocycles. The maximum absolute atomic E-state index is 12.2. The molecule has 1 N–H and O–H groups in total. The van der Waals surface area contributed by atoms with E-state index in [1.54, 1.807) is 36.7 Å². The summed E-state index contributed by atoms with van der Waals surface area (Å²) in [6, 6.07) is 7.92. The molecule has 0 aliphatic rings. The minimum Gasteiger partial charge on any atom is -0.449 e. The predicted octanol–water partition coefficient (Wildman–Crippen LogP) is 4.29. The van der Waals surface area contributed by atoms with Crippen molar-refractivity contribution in [1.29, 1.82) is 0 Å². The van der Waals surface area contributed by atoms with Crippen LogP contribution in [0.15, 0.2) is 41.6 Å². The maximum atomic E-state index is 12.2. The van der Waals surface area contributed by atoms with Gasteiger partial charge in [-0.3, -0.25) is 4.79 Å². The molecule has 0 aliphatic heterocycles. The minimum atomic E-state index is -1.01. The monoisotopic (exact) mass is 384 g/mol. The molecule has 8 heteroatoms. The zero-order valence-corrected chi connectivity index (χ0v) is 15.2. The van der Waals surface area contributed by atoms with E-state index >= 15 is 0 Å². The second-order valence-electron chi connectivity index (χ2n) is 4.72. The van der Waals surface area contributed by atoms with Crippen LogP contribution in [0.1, 0.15) is 17.3 Å². The first-order valence-electron chi connectivity index (χ1n) is 6.88. The molecule has 1 amide bonds. The molecule has 0 radical (unpaired) electrons. The molecule has 0 unspecified atom stereocenters. The first kappa shape index (κ1) is 18.6. The summed E-state index contributed by atoms with van der Waals surface area (Å²) in [5, 5.41) is 3.88. The van der Waals surface area contributed by atoms with Gasteiger partial charge in [0.1, 0.15) is 5.03 Å². The largest absolute Gasteiger partial charge is 0.449 e. The van der Waals surface area contributed by atoms with E-state index < -0.39 is 18.0 Å². The van der Waals surface area contributed by atoms with Gasteiger partial charge >= 0.3 is 5.97 Å². The summed E-state index contributed by atoms with van der Waals surface area (Å²) in [7, 11) is 0. The van der Waals surface area contributed by atoms with Gasteiger partial charge in [-0.2, -0.15) is 0 Å². The quantitative estimate of drug-likeness (QED) is 0.614. The van der Waals surface area contributed by atoms with Crippen LogP contribution < -0.4 is 5.32 Å². The van der Waals surface area contributed by atoms with Crippen molar-refractivity contribution in [3.8, 4) is 0 Å². The van der Waals surface area contributed by atoms with Crippen LogP contribution in [0.3, 0.4) is 0 Å². The van der Waals surface area contributed by atoms with Gasteiger partial charge in [-0.25, -0.2) is 9.78 Å². The summed E-state index contributed by atoms with van der Waals surface area (Å²) in [5.74, 6) is -1.13. The van der Waals surface area contributed by atoms with Crippen molar-refractivity contribution in [2.45, 2.75) is 18.1 Å². The fraction of sp³-hybridized carbons (Fsp3) is 0.188. The molecule has 2 aromatic rings. The molecule has 0 bridgehead atoms. The molecule has 1 aromatic heterocycles. The summed E-state index contributed by atoms with van der Waals surface area (Å²) in [6.45, 7) is 1.47. The number of nitrogens with zero attached hydrogens (tertiary/aromatic N) is 1. The number of anilines is 1. The van der Waals surface area contributed by atoms with Gasteiger partial charge < -0.3 is 10.1 Å². The van der Waals surface area contributed by atoms with Crippen molar-refractivity contribution in [3.05, 3.63) is 52.1 Å². The molecule has 24 heavy (non-hydrogen) atoms. The van der Waals surface area contributed by atoms with Gasteiger partial charge in [-0.15, -0.1) is 11.8 Å². The van der Waals surface area contributed by atoms with E-state index in [1.165, 1.54) is 24.8 Å². The molecular weight excluding hydrogens is 371 g/mol. The van der Waals surface area contributed by atoms with Crippen molar-refractivity contribution in [3.63, 3.8) is 0 Å². The summed E-state index contributed by atoms with van der Waals surface area (Å²) >= 11 is 13.2. The third-order valence-corrected chi connectivity index (χ3v) is 4.30. The Morgan fingerprint density at radius 1 is 1.29 bits per heavy atom. The lowest BCUT2D eigenvalue weighted by molar-refractivity contribution is -0.123. The number of carbonyl (C=O) groups is 2. The Bertz CT molecular complexity index is 771. The average Bonchev–Trinajstić information content (AvgIpc) is 2.57. The molecule has 0 aliphatic carbocycles. The molecule has 126 valence electrons. The predicted molar refractivity (Wildman–Crippen MR) is 96.0 cm³/mol. The van der Waals surface area contributed by atoms with Crippen molar-refractivity contribution in [2.24, 2.45) is 0 Å². The summed E-state index contributed by atoms with van der Waals surface area (Å²) in [5.41, 5.74) is 0.661. The van der Waals surface area contributed by atoms with Crippen molar-refractivity contribution in [1.82, 2.24) is 4.98 Å². The topological polar surface area (TPSA) is 68.3 Å². The Morgan fingerprint density at radius 2 is 2.04 bits per heavy atom. The molecular formula is C16H14Cl2N2O3S. The van der Waals surface area contributed by atoms with Crippen LogP contribution in [0.2, 0.25) is 10.0 Å². The Hall–Kier alpha value is -1.76. The lowest BCUT2D eigenvalue weighted by Gasteiger charge is -2.15. The number of carbonyl (C=O) groups excluding carboxylic acids is 2. The number of thioether (sulfide) groups is 1. The number of amides is 1. The molecule has 5 nitrogen and oxygen atoms in total. The van der Waals surface area contributed by atoms with Crippen LogP contribution >= 0.6 is 35.0 Å². The fourth-order valence-corrected chi connectivity index (χ4v) is 2.69. The van der Waals surface area contributed by atoms with Crippen LogP contribution in [0.5, 0.6) is 0 Å². The second kappa shape index (κ2) is 8.37. The zero-order chi connectivity index (χ0) is 17.7. The number of rotatable bonds is 5. The number of hydrogen-bond donors (Lipinski definition) is 1. The first-order chi connectivity index (χ1) is 11.4. The number of esters is 1. The normalized spacial score (nSPS) is 11.7. The van der Waals surface area contributed by atoms with E-state index in [1.807, 2.05) is 0 Å². The lowest BCUT2D eigenvalue weighted by atomic mass is 10.2. The molecule has 1 aromatic carbocycles. The summed E-state index contributed by atoms with van der Waals surface area (Å²) in [4.78, 5) is 28.5. The van der Waals surface area contributed by atoms with Crippen LogP contribution in [-0.4, -0.2) is 29.2 Å². The average molecular weight is 385 g/mol. The number of ether oxygens (including phenoxy) is 1. The van der Waals surface area contributed by atoms with E-state index in [4.69, 9.17) is 27.9 Å². The molecule has 1 atom stereocenters. The van der Waals surface area contributed by atoms with E-state index in [9.17, 15) is 9.59 Å². The fourth-order valence-electron chi connectivity index (χ4n) is 1.81. The Labute approximate surface area is 153 Å². The number of benzene rings is 1. The smallest absolute Gasteiger partial charge is 0.341 e. The highest BCUT2D eigenvalue weighted by Gasteiger charge is 2.21. The Kier molecular flexibility index (Phi) is 6.48. The first-order valence-corrected chi connectivity index (χ1v) is 8.86. The number of pyridine rings is 1. The minimum absolute atomic E-state index is 0.311. The van der Waals surface area contributed by atoms with Crippen molar-refractivity contribution in [2.75, 3.05) is 11.6 Å². The van der Waals surface area contributed by atoms with Crippen LogP contribution in [0.4, 0.5) is 5.69 Å². The van der Waals surface area contributed by atoms with Crippen LogP contribution in [-0.2, 0) is 9.53 Å². The van der Waals surface area contributed by atoms with Gasteiger partial charge in [0, 0.05) is 11.2 Å². The van der Waals surface area contributed by atoms with Gasteiger partial charge in [0.15, 0.2) is 6.10 Å². The maximum Gasteiger partial charge on any atom is 0.341 e. The van der Waals surface area contributed by atoms with Gasteiger partial charge in [-0.05, 0) is 43.5 Å². The van der Waals surface area contributed by atoms with Gasteiger partial charge in [0.2, 0.25) is 0 Å². The highest BCUT2D eigenvalue weighted by Crippen LogP contribution is 2.25. The van der Waals surface area contributed by atoms with Gasteiger partial charge in [0.05, 0.1) is 16.3 Å². The lowest BCUT2D eigenvalue weighted by Crippen LogP contribution is -2.30.